The van der Waals surface area contributed by atoms with Gasteiger partial charge in [-0.15, -0.1) is 0 Å². The molecule has 0 aromatic heterocycles. The van der Waals surface area contributed by atoms with E-state index in [1.807, 2.05) is 24.3 Å². The van der Waals surface area contributed by atoms with E-state index in [0.717, 1.165) is 54.6 Å². The topological polar surface area (TPSA) is 64.6 Å². The predicted molar refractivity (Wildman–Crippen MR) is 123 cm³/mol. The number of amides is 1. The average molecular weight is 424 g/mol. The fourth-order valence-corrected chi connectivity index (χ4v) is 4.10. The van der Waals surface area contributed by atoms with Crippen LogP contribution in [0, 0.1) is 0 Å². The zero-order valence-corrected chi connectivity index (χ0v) is 19.0. The van der Waals surface area contributed by atoms with E-state index in [2.05, 4.69) is 33.0 Å². The van der Waals surface area contributed by atoms with E-state index in [1.54, 1.807) is 12.1 Å². The lowest BCUT2D eigenvalue weighted by Gasteiger charge is -2.24. The van der Waals surface area contributed by atoms with Crippen molar-refractivity contribution in [2.75, 3.05) is 12.1 Å². The van der Waals surface area contributed by atoms with E-state index in [0.29, 0.717) is 17.7 Å². The summed E-state index contributed by atoms with van der Waals surface area (Å²) < 4.78 is 11.3. The Bertz CT molecular complexity index is 929. The van der Waals surface area contributed by atoms with Crippen LogP contribution >= 0.6 is 0 Å². The van der Waals surface area contributed by atoms with Crippen LogP contribution in [0.1, 0.15) is 87.2 Å². The molecule has 0 saturated heterocycles. The second kappa shape index (κ2) is 9.99. The highest BCUT2D eigenvalue weighted by Gasteiger charge is 2.26. The molecule has 166 valence electrons. The van der Waals surface area contributed by atoms with Gasteiger partial charge in [-0.2, -0.15) is 0 Å². The summed E-state index contributed by atoms with van der Waals surface area (Å²) in [7, 11) is 0. The van der Waals surface area contributed by atoms with Crippen LogP contribution in [0.15, 0.2) is 36.4 Å². The number of ether oxygens (including phenoxy) is 2. The Morgan fingerprint density at radius 2 is 1.97 bits per heavy atom. The summed E-state index contributed by atoms with van der Waals surface area (Å²) in [5.41, 5.74) is 3.13. The maximum absolute atomic E-state index is 13.1. The molecule has 1 aliphatic rings. The van der Waals surface area contributed by atoms with Gasteiger partial charge in [0.25, 0.3) is 0 Å². The zero-order valence-electron chi connectivity index (χ0n) is 19.0. The Morgan fingerprint density at radius 3 is 2.68 bits per heavy atom. The molecule has 31 heavy (non-hydrogen) atoms. The summed E-state index contributed by atoms with van der Waals surface area (Å²) in [6.45, 7) is 8.67. The number of nitrogens with one attached hydrogen (secondary N) is 1. The first kappa shape index (κ1) is 22.9. The van der Waals surface area contributed by atoms with Gasteiger partial charge in [-0.3, -0.25) is 9.59 Å². The highest BCUT2D eigenvalue weighted by Crippen LogP contribution is 2.42. The molecule has 2 aromatic rings. The molecule has 0 saturated carbocycles. The minimum absolute atomic E-state index is 0.0375. The molecule has 1 amide bonds. The molecule has 5 nitrogen and oxygen atoms in total. The van der Waals surface area contributed by atoms with Crippen molar-refractivity contribution in [3.05, 3.63) is 53.1 Å². The summed E-state index contributed by atoms with van der Waals surface area (Å²) in [6.07, 6.45) is 5.35. The second-order valence-electron chi connectivity index (χ2n) is 9.20. The van der Waals surface area contributed by atoms with E-state index in [-0.39, 0.29) is 24.0 Å². The van der Waals surface area contributed by atoms with Gasteiger partial charge in [0, 0.05) is 23.2 Å². The third-order valence-corrected chi connectivity index (χ3v) is 5.72. The van der Waals surface area contributed by atoms with Crippen molar-refractivity contribution in [3.8, 4) is 11.5 Å². The van der Waals surface area contributed by atoms with Gasteiger partial charge >= 0.3 is 0 Å². The molecule has 2 aromatic carbocycles. The van der Waals surface area contributed by atoms with E-state index >= 15 is 0 Å². The number of unbranched alkanes of at least 4 members (excludes halogenated alkanes) is 2. The maximum Gasteiger partial charge on any atom is 0.231 e. The van der Waals surface area contributed by atoms with Gasteiger partial charge in [0.1, 0.15) is 6.29 Å². The zero-order chi connectivity index (χ0) is 22.4. The smallest absolute Gasteiger partial charge is 0.231 e. The average Bonchev–Trinajstić information content (AvgIpc) is 3.21. The lowest BCUT2D eigenvalue weighted by atomic mass is 9.85. The largest absolute Gasteiger partial charge is 0.454 e. The van der Waals surface area contributed by atoms with Crippen molar-refractivity contribution in [2.45, 2.75) is 71.1 Å². The van der Waals surface area contributed by atoms with Gasteiger partial charge in [0.2, 0.25) is 12.7 Å². The Balaban J connectivity index is 1.83. The van der Waals surface area contributed by atoms with Crippen LogP contribution in [0.3, 0.4) is 0 Å². The summed E-state index contributed by atoms with van der Waals surface area (Å²) in [4.78, 5) is 24.4. The van der Waals surface area contributed by atoms with Gasteiger partial charge < -0.3 is 14.8 Å². The fourth-order valence-electron chi connectivity index (χ4n) is 4.10. The number of hydrogen-bond acceptors (Lipinski definition) is 4. The lowest BCUT2D eigenvalue weighted by Crippen LogP contribution is -2.20. The van der Waals surface area contributed by atoms with Crippen molar-refractivity contribution >= 4 is 17.9 Å². The summed E-state index contributed by atoms with van der Waals surface area (Å²) in [5.74, 6) is 1.48. The molecule has 0 fully saturated rings. The standard InChI is InChI=1S/C26H33NO4/c1-5-6-7-9-19(20-10-8-11-23-25(20)31-17-30-23)15-24(29)27-22-14-18(16-28)12-13-21(22)26(2,3)4/h8,10-14,16,19H,5-7,9,15,17H2,1-4H3,(H,27,29). The molecule has 1 aliphatic heterocycles. The van der Waals surface area contributed by atoms with Crippen LogP contribution in [0.2, 0.25) is 0 Å². The number of fused-ring (bicyclic) bond motifs is 1. The lowest BCUT2D eigenvalue weighted by molar-refractivity contribution is -0.116. The molecule has 5 heteroatoms. The molecule has 0 aliphatic carbocycles. The number of carbonyl (C=O) groups excluding carboxylic acids is 2. The van der Waals surface area contributed by atoms with Gasteiger partial charge in [-0.05, 0) is 35.4 Å². The van der Waals surface area contributed by atoms with Gasteiger partial charge in [-0.25, -0.2) is 0 Å². The Kier molecular flexibility index (Phi) is 7.37. The van der Waals surface area contributed by atoms with Gasteiger partial charge in [-0.1, -0.05) is 71.2 Å². The molecule has 1 N–H and O–H groups in total. The van der Waals surface area contributed by atoms with Crippen molar-refractivity contribution in [1.82, 2.24) is 0 Å². The fraction of sp³-hybridized carbons (Fsp3) is 0.462. The number of rotatable bonds is 9. The molecular formula is C26H33NO4. The maximum atomic E-state index is 13.1. The monoisotopic (exact) mass is 423 g/mol. The van der Waals surface area contributed by atoms with Crippen LogP contribution in [-0.2, 0) is 10.2 Å². The first-order chi connectivity index (χ1) is 14.8. The van der Waals surface area contributed by atoms with E-state index < -0.39 is 0 Å². The van der Waals surface area contributed by atoms with Crippen molar-refractivity contribution in [2.24, 2.45) is 0 Å². The molecule has 0 bridgehead atoms. The highest BCUT2D eigenvalue weighted by molar-refractivity contribution is 5.93. The molecule has 3 rings (SSSR count). The molecule has 1 unspecified atom stereocenters. The summed E-state index contributed by atoms with van der Waals surface area (Å²) in [5, 5.41) is 3.08. The van der Waals surface area contributed by atoms with E-state index in [1.165, 1.54) is 0 Å². The van der Waals surface area contributed by atoms with E-state index in [4.69, 9.17) is 9.47 Å². The van der Waals surface area contributed by atoms with Crippen LogP contribution in [0.4, 0.5) is 5.69 Å². The molecule has 0 radical (unpaired) electrons. The highest BCUT2D eigenvalue weighted by atomic mass is 16.7. The van der Waals surface area contributed by atoms with E-state index in [9.17, 15) is 9.59 Å². The van der Waals surface area contributed by atoms with Crippen LogP contribution < -0.4 is 14.8 Å². The summed E-state index contributed by atoms with van der Waals surface area (Å²) in [6, 6.07) is 11.4. The Morgan fingerprint density at radius 1 is 1.16 bits per heavy atom. The van der Waals surface area contributed by atoms with Crippen LogP contribution in [-0.4, -0.2) is 19.0 Å². The van der Waals surface area contributed by atoms with Gasteiger partial charge in [0.15, 0.2) is 11.5 Å². The number of anilines is 1. The van der Waals surface area contributed by atoms with Crippen molar-refractivity contribution in [3.63, 3.8) is 0 Å². The third-order valence-electron chi connectivity index (χ3n) is 5.72. The molecular weight excluding hydrogens is 390 g/mol. The number of para-hydroxylation sites is 1. The quantitative estimate of drug-likeness (QED) is 0.384. The third kappa shape index (κ3) is 5.66. The normalized spacial score (nSPS) is 13.7. The van der Waals surface area contributed by atoms with Crippen LogP contribution in [0.5, 0.6) is 11.5 Å². The number of hydrogen-bond donors (Lipinski definition) is 1. The minimum atomic E-state index is -0.157. The Labute approximate surface area is 185 Å². The molecule has 0 spiro atoms. The summed E-state index contributed by atoms with van der Waals surface area (Å²) >= 11 is 0. The predicted octanol–water partition coefficient (Wildman–Crippen LogP) is 6.22. The van der Waals surface area contributed by atoms with Crippen molar-refractivity contribution in [1.29, 1.82) is 0 Å². The minimum Gasteiger partial charge on any atom is -0.454 e. The van der Waals surface area contributed by atoms with Crippen molar-refractivity contribution < 1.29 is 19.1 Å². The van der Waals surface area contributed by atoms with Crippen LogP contribution in [0.25, 0.3) is 0 Å². The first-order valence-corrected chi connectivity index (χ1v) is 11.1. The number of carbonyl (C=O) groups is 2. The first-order valence-electron chi connectivity index (χ1n) is 11.1. The second-order valence-corrected chi connectivity index (χ2v) is 9.20. The Hall–Kier alpha value is -2.82. The SMILES string of the molecule is CCCCCC(CC(=O)Nc1cc(C=O)ccc1C(C)(C)C)c1cccc2c1OCO2. The molecule has 1 atom stereocenters. The number of aldehydes is 1. The number of benzene rings is 2. The van der Waals surface area contributed by atoms with Gasteiger partial charge in [0.05, 0.1) is 0 Å². The molecule has 1 heterocycles.